The summed E-state index contributed by atoms with van der Waals surface area (Å²) >= 11 is 4.58. The summed E-state index contributed by atoms with van der Waals surface area (Å²) in [7, 11) is 2.19. The SMILES string of the molecule is CN1CCN(CC2(CS)CCC2)c2ccccc21. The van der Waals surface area contributed by atoms with Gasteiger partial charge in [-0.15, -0.1) is 0 Å². The number of fused-ring (bicyclic) bond motifs is 1. The molecule has 0 radical (unpaired) electrons. The Hall–Kier alpha value is -0.830. The summed E-state index contributed by atoms with van der Waals surface area (Å²) in [6.07, 6.45) is 4.09. The smallest absolute Gasteiger partial charge is 0.0604 e. The molecule has 1 aliphatic carbocycles. The molecule has 1 aromatic carbocycles. The second-order valence-corrected chi connectivity index (χ2v) is 6.16. The molecule has 2 aliphatic rings. The normalized spacial score (nSPS) is 21.4. The van der Waals surface area contributed by atoms with Crippen molar-refractivity contribution in [3.05, 3.63) is 24.3 Å². The van der Waals surface area contributed by atoms with Gasteiger partial charge in [0.25, 0.3) is 0 Å². The summed E-state index contributed by atoms with van der Waals surface area (Å²) in [6.45, 7) is 3.45. The highest BCUT2D eigenvalue weighted by molar-refractivity contribution is 7.80. The van der Waals surface area contributed by atoms with Crippen LogP contribution in [-0.2, 0) is 0 Å². The highest BCUT2D eigenvalue weighted by Gasteiger charge is 2.38. The van der Waals surface area contributed by atoms with Crippen LogP contribution < -0.4 is 9.80 Å². The predicted molar refractivity (Wildman–Crippen MR) is 82.1 cm³/mol. The van der Waals surface area contributed by atoms with E-state index in [9.17, 15) is 0 Å². The number of nitrogens with zero attached hydrogens (tertiary/aromatic N) is 2. The number of hydrogen-bond acceptors (Lipinski definition) is 3. The molecule has 98 valence electrons. The van der Waals surface area contributed by atoms with Gasteiger partial charge in [0.05, 0.1) is 11.4 Å². The summed E-state index contributed by atoms with van der Waals surface area (Å²) in [5, 5.41) is 0. The van der Waals surface area contributed by atoms with Crippen molar-refractivity contribution in [3.8, 4) is 0 Å². The maximum atomic E-state index is 4.58. The summed E-state index contributed by atoms with van der Waals surface area (Å²) < 4.78 is 0. The highest BCUT2D eigenvalue weighted by Crippen LogP contribution is 2.44. The van der Waals surface area contributed by atoms with Gasteiger partial charge in [-0.05, 0) is 36.1 Å². The fourth-order valence-electron chi connectivity index (χ4n) is 3.18. The molecule has 0 saturated heterocycles. The van der Waals surface area contributed by atoms with E-state index in [-0.39, 0.29) is 0 Å². The number of benzene rings is 1. The second-order valence-electron chi connectivity index (χ2n) is 5.84. The Morgan fingerprint density at radius 1 is 1.17 bits per heavy atom. The van der Waals surface area contributed by atoms with Gasteiger partial charge >= 0.3 is 0 Å². The Labute approximate surface area is 115 Å². The third kappa shape index (κ3) is 1.99. The number of para-hydroxylation sites is 2. The predicted octanol–water partition coefficient (Wildman–Crippen LogP) is 3.04. The van der Waals surface area contributed by atoms with Crippen molar-refractivity contribution in [1.82, 2.24) is 0 Å². The van der Waals surface area contributed by atoms with Gasteiger partial charge < -0.3 is 9.80 Å². The molecule has 1 aliphatic heterocycles. The van der Waals surface area contributed by atoms with Crippen molar-refractivity contribution in [2.24, 2.45) is 5.41 Å². The number of thiol groups is 1. The Bertz CT molecular complexity index is 423. The quantitative estimate of drug-likeness (QED) is 0.837. The molecule has 0 unspecified atom stereocenters. The molecule has 2 nitrogen and oxygen atoms in total. The lowest BCUT2D eigenvalue weighted by Gasteiger charge is -2.47. The zero-order valence-corrected chi connectivity index (χ0v) is 12.0. The van der Waals surface area contributed by atoms with Gasteiger partial charge in [0.1, 0.15) is 0 Å². The third-order valence-electron chi connectivity index (χ3n) is 4.61. The number of anilines is 2. The summed E-state index contributed by atoms with van der Waals surface area (Å²) in [4.78, 5) is 4.94. The van der Waals surface area contributed by atoms with E-state index in [1.165, 1.54) is 37.2 Å². The molecule has 1 heterocycles. The molecule has 3 rings (SSSR count). The molecule has 0 atom stereocenters. The van der Waals surface area contributed by atoms with Crippen LogP contribution in [0.15, 0.2) is 24.3 Å². The summed E-state index contributed by atoms with van der Waals surface area (Å²) in [5.74, 6) is 1.03. The number of hydrogen-bond donors (Lipinski definition) is 1. The first-order valence-corrected chi connectivity index (χ1v) is 7.53. The topological polar surface area (TPSA) is 6.48 Å². The molecular formula is C15H22N2S. The first kappa shape index (κ1) is 12.2. The molecule has 0 aromatic heterocycles. The van der Waals surface area contributed by atoms with Gasteiger partial charge in [-0.25, -0.2) is 0 Å². The second kappa shape index (κ2) is 4.69. The lowest BCUT2D eigenvalue weighted by molar-refractivity contribution is 0.175. The van der Waals surface area contributed by atoms with E-state index in [0.717, 1.165) is 18.8 Å². The van der Waals surface area contributed by atoms with E-state index in [0.29, 0.717) is 5.41 Å². The lowest BCUT2D eigenvalue weighted by atomic mass is 9.70. The molecule has 0 spiro atoms. The van der Waals surface area contributed by atoms with Crippen LogP contribution in [0.4, 0.5) is 11.4 Å². The Balaban J connectivity index is 1.84. The first-order chi connectivity index (χ1) is 8.74. The largest absolute Gasteiger partial charge is 0.371 e. The van der Waals surface area contributed by atoms with E-state index < -0.39 is 0 Å². The number of likely N-dealkylation sites (N-methyl/N-ethyl adjacent to an activating group) is 1. The van der Waals surface area contributed by atoms with Crippen molar-refractivity contribution in [2.75, 3.05) is 42.2 Å². The van der Waals surface area contributed by atoms with Crippen molar-refractivity contribution in [1.29, 1.82) is 0 Å². The maximum Gasteiger partial charge on any atom is 0.0604 e. The minimum Gasteiger partial charge on any atom is -0.371 e. The molecule has 0 bridgehead atoms. The van der Waals surface area contributed by atoms with E-state index in [2.05, 4.69) is 53.7 Å². The minimum absolute atomic E-state index is 0.478. The van der Waals surface area contributed by atoms with Gasteiger partial charge in [-0.1, -0.05) is 18.6 Å². The van der Waals surface area contributed by atoms with E-state index in [1.54, 1.807) is 0 Å². The fourth-order valence-corrected chi connectivity index (χ4v) is 3.59. The van der Waals surface area contributed by atoms with Crippen molar-refractivity contribution >= 4 is 24.0 Å². The van der Waals surface area contributed by atoms with E-state index in [4.69, 9.17) is 0 Å². The van der Waals surface area contributed by atoms with Gasteiger partial charge in [0.2, 0.25) is 0 Å². The molecule has 1 aromatic rings. The average Bonchev–Trinajstić information content (AvgIpc) is 2.37. The summed E-state index contributed by atoms with van der Waals surface area (Å²) in [6, 6.07) is 8.78. The van der Waals surface area contributed by atoms with Crippen LogP contribution in [-0.4, -0.2) is 32.4 Å². The zero-order valence-electron chi connectivity index (χ0n) is 11.1. The van der Waals surface area contributed by atoms with Gasteiger partial charge in [-0.2, -0.15) is 12.6 Å². The number of rotatable bonds is 3. The van der Waals surface area contributed by atoms with Crippen molar-refractivity contribution in [2.45, 2.75) is 19.3 Å². The Morgan fingerprint density at radius 3 is 2.50 bits per heavy atom. The van der Waals surface area contributed by atoms with E-state index >= 15 is 0 Å². The molecule has 1 fully saturated rings. The molecule has 1 saturated carbocycles. The third-order valence-corrected chi connectivity index (χ3v) is 5.29. The maximum absolute atomic E-state index is 4.58. The van der Waals surface area contributed by atoms with Crippen LogP contribution in [0.25, 0.3) is 0 Å². The van der Waals surface area contributed by atoms with Crippen LogP contribution in [0.5, 0.6) is 0 Å². The van der Waals surface area contributed by atoms with Gasteiger partial charge in [-0.3, -0.25) is 0 Å². The van der Waals surface area contributed by atoms with Crippen molar-refractivity contribution < 1.29 is 0 Å². The molecule has 3 heteroatoms. The van der Waals surface area contributed by atoms with Crippen molar-refractivity contribution in [3.63, 3.8) is 0 Å². The van der Waals surface area contributed by atoms with Crippen LogP contribution >= 0.6 is 12.6 Å². The van der Waals surface area contributed by atoms with Crippen LogP contribution in [0.1, 0.15) is 19.3 Å². The van der Waals surface area contributed by atoms with Crippen LogP contribution in [0, 0.1) is 5.41 Å². The van der Waals surface area contributed by atoms with Gasteiger partial charge in [0.15, 0.2) is 0 Å². The Kier molecular flexibility index (Phi) is 3.18. The van der Waals surface area contributed by atoms with Gasteiger partial charge in [0, 0.05) is 26.7 Å². The van der Waals surface area contributed by atoms with Crippen LogP contribution in [0.3, 0.4) is 0 Å². The molecule has 18 heavy (non-hydrogen) atoms. The lowest BCUT2D eigenvalue weighted by Crippen LogP contribution is -2.48. The molecular weight excluding hydrogens is 240 g/mol. The molecule has 0 amide bonds. The average molecular weight is 262 g/mol. The molecule has 0 N–H and O–H groups in total. The Morgan fingerprint density at radius 2 is 1.89 bits per heavy atom. The monoisotopic (exact) mass is 262 g/mol. The standard InChI is InChI=1S/C15H22N2S/c1-16-9-10-17(11-15(12-18)7-4-8-15)14-6-3-2-5-13(14)16/h2-3,5-6,18H,4,7-12H2,1H3. The minimum atomic E-state index is 0.478. The first-order valence-electron chi connectivity index (χ1n) is 6.90. The van der Waals surface area contributed by atoms with E-state index in [1.807, 2.05) is 0 Å². The van der Waals surface area contributed by atoms with Crippen LogP contribution in [0.2, 0.25) is 0 Å². The zero-order chi connectivity index (χ0) is 12.6. The summed E-state index contributed by atoms with van der Waals surface area (Å²) in [5.41, 5.74) is 3.25. The highest BCUT2D eigenvalue weighted by atomic mass is 32.1. The fraction of sp³-hybridized carbons (Fsp3) is 0.600.